The lowest BCUT2D eigenvalue weighted by atomic mass is 10.1. The molecule has 0 amide bonds. The van der Waals surface area contributed by atoms with Gasteiger partial charge in [-0.2, -0.15) is 0 Å². The second-order valence-corrected chi connectivity index (χ2v) is 6.44. The van der Waals surface area contributed by atoms with E-state index < -0.39 is 6.10 Å². The molecule has 1 rings (SSSR count). The number of hydrogen-bond donors (Lipinski definition) is 2. The Bertz CT molecular complexity index is 428. The molecule has 0 saturated heterocycles. The molecule has 0 heterocycles. The summed E-state index contributed by atoms with van der Waals surface area (Å²) in [6.45, 7) is 11.8. The van der Waals surface area contributed by atoms with E-state index in [9.17, 15) is 10.2 Å². The van der Waals surface area contributed by atoms with Crippen LogP contribution in [0.2, 0.25) is 0 Å². The summed E-state index contributed by atoms with van der Waals surface area (Å²) in [5, 5.41) is 19.7. The first-order valence-electron chi connectivity index (χ1n) is 7.58. The zero-order valence-corrected chi connectivity index (χ0v) is 13.8. The first kappa shape index (κ1) is 18.0. The molecule has 0 aliphatic rings. The Morgan fingerprint density at radius 3 is 2.48 bits per heavy atom. The van der Waals surface area contributed by atoms with Crippen molar-refractivity contribution in [3.8, 4) is 5.75 Å². The third kappa shape index (κ3) is 6.46. The van der Waals surface area contributed by atoms with Crippen LogP contribution in [0.4, 0.5) is 0 Å². The van der Waals surface area contributed by atoms with Gasteiger partial charge in [0.15, 0.2) is 0 Å². The van der Waals surface area contributed by atoms with Crippen LogP contribution in [0.25, 0.3) is 0 Å². The quantitative estimate of drug-likeness (QED) is 0.812. The molecule has 0 radical (unpaired) electrons. The Morgan fingerprint density at radius 2 is 1.95 bits per heavy atom. The predicted octanol–water partition coefficient (Wildman–Crippen LogP) is 2.95. The van der Waals surface area contributed by atoms with Gasteiger partial charge in [-0.15, -0.1) is 0 Å². The van der Waals surface area contributed by atoms with Crippen molar-refractivity contribution in [3.05, 3.63) is 29.8 Å². The van der Waals surface area contributed by atoms with Crippen LogP contribution in [0, 0.1) is 0 Å². The van der Waals surface area contributed by atoms with Crippen molar-refractivity contribution >= 4 is 0 Å². The van der Waals surface area contributed by atoms with Crippen molar-refractivity contribution < 1.29 is 14.9 Å². The molecule has 0 spiro atoms. The summed E-state index contributed by atoms with van der Waals surface area (Å²) in [4.78, 5) is 2.17. The summed E-state index contributed by atoms with van der Waals surface area (Å²) in [5.41, 5.74) is 0.801. The van der Waals surface area contributed by atoms with E-state index in [1.165, 1.54) is 0 Å². The van der Waals surface area contributed by atoms with Crippen molar-refractivity contribution in [2.75, 3.05) is 19.7 Å². The maximum atomic E-state index is 10.1. The van der Waals surface area contributed by atoms with Gasteiger partial charge >= 0.3 is 0 Å². The summed E-state index contributed by atoms with van der Waals surface area (Å²) in [6, 6.07) is 7.40. The fourth-order valence-corrected chi connectivity index (χ4v) is 2.23. The summed E-state index contributed by atoms with van der Waals surface area (Å²) in [5.74, 6) is 0.270. The van der Waals surface area contributed by atoms with E-state index >= 15 is 0 Å². The molecule has 21 heavy (non-hydrogen) atoms. The van der Waals surface area contributed by atoms with Gasteiger partial charge in [-0.05, 0) is 51.9 Å². The summed E-state index contributed by atoms with van der Waals surface area (Å²) in [6.07, 6.45) is -0.524. The van der Waals surface area contributed by atoms with Gasteiger partial charge in [0.2, 0.25) is 0 Å². The van der Waals surface area contributed by atoms with Crippen molar-refractivity contribution in [2.24, 2.45) is 0 Å². The molecule has 0 fully saturated rings. The van der Waals surface area contributed by atoms with Crippen molar-refractivity contribution in [3.63, 3.8) is 0 Å². The number of aromatic hydroxyl groups is 1. The lowest BCUT2D eigenvalue weighted by Crippen LogP contribution is -2.38. The number of rotatable bonds is 7. The van der Waals surface area contributed by atoms with Crippen LogP contribution >= 0.6 is 0 Å². The molecule has 0 aliphatic heterocycles. The molecule has 2 atom stereocenters. The third-order valence-corrected chi connectivity index (χ3v) is 3.46. The zero-order valence-electron chi connectivity index (χ0n) is 13.8. The van der Waals surface area contributed by atoms with E-state index in [0.717, 1.165) is 12.1 Å². The second kappa shape index (κ2) is 7.78. The number of aliphatic hydroxyl groups excluding tert-OH is 1. The molecule has 0 aromatic heterocycles. The van der Waals surface area contributed by atoms with E-state index in [-0.39, 0.29) is 17.4 Å². The summed E-state index contributed by atoms with van der Waals surface area (Å²) >= 11 is 0. The molecule has 2 N–H and O–H groups in total. The lowest BCUT2D eigenvalue weighted by molar-refractivity contribution is -0.0582. The Hall–Kier alpha value is -1.10. The van der Waals surface area contributed by atoms with Crippen molar-refractivity contribution in [1.29, 1.82) is 0 Å². The van der Waals surface area contributed by atoms with Crippen LogP contribution < -0.4 is 0 Å². The van der Waals surface area contributed by atoms with E-state index in [0.29, 0.717) is 13.2 Å². The van der Waals surface area contributed by atoms with Crippen LogP contribution in [0.1, 0.15) is 46.2 Å². The highest BCUT2D eigenvalue weighted by atomic mass is 16.5. The van der Waals surface area contributed by atoms with E-state index in [1.807, 2.05) is 32.9 Å². The normalized spacial score (nSPS) is 15.2. The molecule has 0 aliphatic carbocycles. The highest BCUT2D eigenvalue weighted by molar-refractivity contribution is 5.29. The second-order valence-electron chi connectivity index (χ2n) is 6.44. The fourth-order valence-electron chi connectivity index (χ4n) is 2.23. The monoisotopic (exact) mass is 295 g/mol. The number of benzene rings is 1. The van der Waals surface area contributed by atoms with E-state index in [2.05, 4.69) is 18.7 Å². The molecule has 2 unspecified atom stereocenters. The topological polar surface area (TPSA) is 52.9 Å². The van der Waals surface area contributed by atoms with Crippen LogP contribution in [-0.2, 0) is 4.74 Å². The number of phenolic OH excluding ortho intramolecular Hbond substituents is 1. The molecule has 120 valence electrons. The van der Waals surface area contributed by atoms with Gasteiger partial charge in [0.1, 0.15) is 5.75 Å². The summed E-state index contributed by atoms with van der Waals surface area (Å²) < 4.78 is 5.62. The molecule has 0 saturated carbocycles. The molecular weight excluding hydrogens is 266 g/mol. The molecule has 1 aromatic rings. The van der Waals surface area contributed by atoms with Gasteiger partial charge in [-0.1, -0.05) is 19.1 Å². The van der Waals surface area contributed by atoms with Crippen LogP contribution in [0.5, 0.6) is 5.75 Å². The van der Waals surface area contributed by atoms with Crippen LogP contribution in [0.3, 0.4) is 0 Å². The number of aliphatic hydroxyl groups is 1. The maximum Gasteiger partial charge on any atom is 0.115 e. The minimum absolute atomic E-state index is 0.131. The first-order chi connectivity index (χ1) is 9.73. The average Bonchev–Trinajstić information content (AvgIpc) is 2.41. The molecule has 4 heteroatoms. The number of hydrogen-bond acceptors (Lipinski definition) is 4. The number of nitrogens with zero attached hydrogens (tertiary/aromatic N) is 1. The fraction of sp³-hybridized carbons (Fsp3) is 0.647. The van der Waals surface area contributed by atoms with Crippen molar-refractivity contribution in [2.45, 2.75) is 52.4 Å². The third-order valence-electron chi connectivity index (χ3n) is 3.46. The lowest BCUT2D eigenvalue weighted by Gasteiger charge is -2.31. The van der Waals surface area contributed by atoms with Gasteiger partial charge in [0.25, 0.3) is 0 Å². The zero-order chi connectivity index (χ0) is 16.0. The minimum atomic E-state index is -0.524. The van der Waals surface area contributed by atoms with Gasteiger partial charge < -0.3 is 14.9 Å². The van der Waals surface area contributed by atoms with Gasteiger partial charge in [-0.25, -0.2) is 0 Å². The van der Waals surface area contributed by atoms with Crippen LogP contribution in [0.15, 0.2) is 24.3 Å². The van der Waals surface area contributed by atoms with E-state index in [1.54, 1.807) is 12.1 Å². The Morgan fingerprint density at radius 1 is 1.29 bits per heavy atom. The molecule has 0 bridgehead atoms. The molecule has 4 nitrogen and oxygen atoms in total. The Balaban J connectivity index is 2.61. The first-order valence-corrected chi connectivity index (χ1v) is 7.58. The van der Waals surface area contributed by atoms with Gasteiger partial charge in [0.05, 0.1) is 18.3 Å². The predicted molar refractivity (Wildman–Crippen MR) is 85.5 cm³/mol. The van der Waals surface area contributed by atoms with Crippen molar-refractivity contribution in [1.82, 2.24) is 4.90 Å². The standard InChI is InChI=1S/C17H29NO3/c1-6-18(11-16(20)12-21-17(3,4)5)13(2)14-8-7-9-15(19)10-14/h7-10,13,16,19-20H,6,11-12H2,1-5H3. The van der Waals surface area contributed by atoms with Gasteiger partial charge in [-0.3, -0.25) is 4.90 Å². The average molecular weight is 295 g/mol. The smallest absolute Gasteiger partial charge is 0.115 e. The minimum Gasteiger partial charge on any atom is -0.508 e. The number of phenols is 1. The number of likely N-dealkylation sites (N-methyl/N-ethyl adjacent to an activating group) is 1. The molecular formula is C17H29NO3. The maximum absolute atomic E-state index is 10.1. The highest BCUT2D eigenvalue weighted by Gasteiger charge is 2.20. The summed E-state index contributed by atoms with van der Waals surface area (Å²) in [7, 11) is 0. The largest absolute Gasteiger partial charge is 0.508 e. The Labute approximate surface area is 128 Å². The SMILES string of the molecule is CCN(CC(O)COC(C)(C)C)C(C)c1cccc(O)c1. The van der Waals surface area contributed by atoms with Gasteiger partial charge in [0, 0.05) is 12.6 Å². The Kier molecular flexibility index (Phi) is 6.65. The van der Waals surface area contributed by atoms with Crippen LogP contribution in [-0.4, -0.2) is 46.5 Å². The number of ether oxygens (including phenoxy) is 1. The highest BCUT2D eigenvalue weighted by Crippen LogP contribution is 2.23. The van der Waals surface area contributed by atoms with E-state index in [4.69, 9.17) is 4.74 Å². The molecule has 1 aromatic carbocycles.